The van der Waals surface area contributed by atoms with Gasteiger partial charge in [-0.15, -0.1) is 0 Å². The lowest BCUT2D eigenvalue weighted by Crippen LogP contribution is -2.03. The molecule has 0 N–H and O–H groups in total. The Bertz CT molecular complexity index is 9840. The minimum absolute atomic E-state index is 0.690. The summed E-state index contributed by atoms with van der Waals surface area (Å²) in [4.78, 5) is 31.4. The van der Waals surface area contributed by atoms with Crippen molar-refractivity contribution in [3.05, 3.63) is 520 Å². The van der Waals surface area contributed by atoms with E-state index in [0.29, 0.717) is 17.5 Å². The summed E-state index contributed by atoms with van der Waals surface area (Å²) in [6.07, 6.45) is 0. The van der Waals surface area contributed by atoms with E-state index in [-0.39, 0.29) is 0 Å². The number of fused-ring (bicyclic) bond motifs is 21. The molecule has 0 unspecified atom stereocenters. The van der Waals surface area contributed by atoms with Crippen molar-refractivity contribution in [2.75, 3.05) is 0 Å². The van der Waals surface area contributed by atoms with E-state index in [0.717, 1.165) is 129 Å². The summed E-state index contributed by atoms with van der Waals surface area (Å²) in [5, 5.41) is 14.4. The fraction of sp³-hybridized carbons (Fsp3) is 0.0222. The zero-order chi connectivity index (χ0) is 97.7. The van der Waals surface area contributed by atoms with Crippen LogP contribution in [-0.4, -0.2) is 57.3 Å². The van der Waals surface area contributed by atoms with Crippen molar-refractivity contribution in [1.82, 2.24) is 57.3 Å². The van der Waals surface area contributed by atoms with Gasteiger partial charge in [0.25, 0.3) is 0 Å². The van der Waals surface area contributed by atoms with E-state index < -0.39 is 0 Å². The van der Waals surface area contributed by atoms with E-state index in [1.54, 1.807) is 0 Å². The standard InChI is InChI=1S/2C46H30N4.C43H32N4/c1-5-16-31(17-6-1)35-25-15-27-40-43(35)37-28-29-41-44(36-24-13-14-26-39(36)49(41)34-22-11-4-12-23-34)45(37)50(40)42-30-38(32-18-7-2-8-19-32)47-46(48-42)33-20-9-3-10-21-33;1-5-15-31(16-6-1)34-25-26-36-37-27-28-41-44(38-23-13-14-24-40(38)49(41)35-21-11-4-12-22-35)45(37)50(42(36)29-34)43-30-39(32-17-7-2-8-18-32)47-46(48-43)33-19-9-3-10-20-33;1-27-24-28(2)41(29(3)25-27)46-37-21-13-11-19-34(37)40-38(46)23-22-33-32-18-10-12-20-36(32)47(42(33)40)39-26-35(30-14-6-4-7-15-30)44-43(45-39)31-16-8-5-9-17-31/h2*1-30H;4-26H,1-3H3. The second kappa shape index (κ2) is 36.2. The highest BCUT2D eigenvalue weighted by Crippen LogP contribution is 2.50. The molecule has 147 heavy (non-hydrogen) atoms. The topological polar surface area (TPSA) is 107 Å². The molecule has 0 aliphatic carbocycles. The highest BCUT2D eigenvalue weighted by atomic mass is 15.1. The summed E-state index contributed by atoms with van der Waals surface area (Å²) in [7, 11) is 0. The highest BCUT2D eigenvalue weighted by Gasteiger charge is 2.30. The largest absolute Gasteiger partial charge is 0.309 e. The number of nitrogens with zero attached hydrogens (tertiary/aromatic N) is 12. The van der Waals surface area contributed by atoms with Gasteiger partial charge in [0.1, 0.15) is 17.5 Å². The van der Waals surface area contributed by atoms with E-state index in [4.69, 9.17) is 29.9 Å². The van der Waals surface area contributed by atoms with Crippen LogP contribution in [0.4, 0.5) is 0 Å². The molecule has 0 spiro atoms. The maximum Gasteiger partial charge on any atom is 0.162 e. The van der Waals surface area contributed by atoms with Crippen molar-refractivity contribution in [1.29, 1.82) is 0 Å². The maximum atomic E-state index is 5.37. The molecular weight excluding hydrogens is 1790 g/mol. The van der Waals surface area contributed by atoms with Crippen LogP contribution in [0.1, 0.15) is 16.7 Å². The minimum Gasteiger partial charge on any atom is -0.309 e. The molecule has 692 valence electrons. The van der Waals surface area contributed by atoms with Crippen LogP contribution in [0.25, 0.3) is 256 Å². The van der Waals surface area contributed by atoms with Gasteiger partial charge in [0.15, 0.2) is 17.5 Å². The van der Waals surface area contributed by atoms with Crippen LogP contribution in [0.2, 0.25) is 0 Å². The van der Waals surface area contributed by atoms with Gasteiger partial charge in [-0.1, -0.05) is 412 Å². The Hall–Kier alpha value is -19.6. The van der Waals surface area contributed by atoms with Crippen LogP contribution in [0.5, 0.6) is 0 Å². The Morgan fingerprint density at radius 2 is 0.449 bits per heavy atom. The third kappa shape index (κ3) is 14.9. The van der Waals surface area contributed by atoms with E-state index in [2.05, 4.69) is 479 Å². The Morgan fingerprint density at radius 1 is 0.163 bits per heavy atom. The molecule has 29 aromatic rings. The van der Waals surface area contributed by atoms with Gasteiger partial charge in [0, 0.05) is 128 Å². The smallest absolute Gasteiger partial charge is 0.162 e. The molecule has 0 bridgehead atoms. The van der Waals surface area contributed by atoms with Crippen molar-refractivity contribution in [3.63, 3.8) is 0 Å². The molecule has 0 radical (unpaired) electrons. The SMILES string of the molecule is Cc1cc(C)c(-n2c3ccccc3c3c2ccc2c4ccccc4n(-c4cc(-c5ccccc5)nc(-c5ccccc5)n4)c23)c(C)c1.c1ccc(-c2cc(-n3c4cccc(-c5ccccc5)c4c4ccc5c(c6ccccc6n5-c5ccccc5)c43)nc(-c3ccccc3)n2)cc1.c1ccc(-c2ccc3c4ccc5c(c6ccccc6n5-c5ccccc5)c4n(-c4cc(-c5ccccc5)nc(-c5ccccc5)n4)c3c2)cc1. The lowest BCUT2D eigenvalue weighted by molar-refractivity contribution is 1.05. The first-order valence-corrected chi connectivity index (χ1v) is 50.0. The summed E-state index contributed by atoms with van der Waals surface area (Å²) < 4.78 is 14.3. The third-order valence-corrected chi connectivity index (χ3v) is 28.8. The van der Waals surface area contributed by atoms with Crippen molar-refractivity contribution in [3.8, 4) is 125 Å². The van der Waals surface area contributed by atoms with Crippen LogP contribution < -0.4 is 0 Å². The number of aromatic nitrogens is 12. The molecule has 0 saturated carbocycles. The number of aryl methyl sites for hydroxylation is 3. The summed E-state index contributed by atoms with van der Waals surface area (Å²) >= 11 is 0. The zero-order valence-electron chi connectivity index (χ0n) is 80.8. The van der Waals surface area contributed by atoms with Gasteiger partial charge in [-0.25, -0.2) is 29.9 Å². The maximum absolute atomic E-state index is 5.37. The molecule has 12 heteroatoms. The van der Waals surface area contributed by atoms with Gasteiger partial charge in [-0.05, 0) is 133 Å². The predicted molar refractivity (Wildman–Crippen MR) is 610 cm³/mol. The second-order valence-corrected chi connectivity index (χ2v) is 37.7. The van der Waals surface area contributed by atoms with Gasteiger partial charge < -0.3 is 13.7 Å². The van der Waals surface area contributed by atoms with Gasteiger partial charge in [0.2, 0.25) is 0 Å². The van der Waals surface area contributed by atoms with Gasteiger partial charge in [-0.3, -0.25) is 13.7 Å². The molecular formula is C135H92N12. The lowest BCUT2D eigenvalue weighted by Gasteiger charge is -2.16. The first kappa shape index (κ1) is 86.5. The number of hydrogen-bond acceptors (Lipinski definition) is 6. The van der Waals surface area contributed by atoms with Crippen LogP contribution in [0, 0.1) is 20.8 Å². The Labute approximate surface area is 847 Å². The van der Waals surface area contributed by atoms with Crippen LogP contribution in [-0.2, 0) is 0 Å². The summed E-state index contributed by atoms with van der Waals surface area (Å²) in [5.41, 5.74) is 34.5. The molecule has 29 rings (SSSR count). The van der Waals surface area contributed by atoms with Crippen LogP contribution in [0.15, 0.2) is 504 Å². The van der Waals surface area contributed by atoms with E-state index in [9.17, 15) is 0 Å². The molecule has 0 fully saturated rings. The van der Waals surface area contributed by atoms with Crippen molar-refractivity contribution >= 4 is 131 Å². The molecule has 0 aliphatic heterocycles. The van der Waals surface area contributed by atoms with Crippen LogP contribution in [0.3, 0.4) is 0 Å². The molecule has 0 saturated heterocycles. The fourth-order valence-corrected chi connectivity index (χ4v) is 22.6. The van der Waals surface area contributed by atoms with E-state index >= 15 is 0 Å². The Kier molecular flexibility index (Phi) is 21.3. The zero-order valence-corrected chi connectivity index (χ0v) is 80.8. The highest BCUT2D eigenvalue weighted by molar-refractivity contribution is 6.30. The summed E-state index contributed by atoms with van der Waals surface area (Å²) in [6.45, 7) is 6.62. The summed E-state index contributed by atoms with van der Waals surface area (Å²) in [6, 6.07) is 178. The lowest BCUT2D eigenvalue weighted by atomic mass is 9.99. The average Bonchev–Trinajstić information content (AvgIpc) is 1.56. The molecule has 0 amide bonds. The fourth-order valence-electron chi connectivity index (χ4n) is 22.6. The van der Waals surface area contributed by atoms with Crippen LogP contribution >= 0.6 is 0 Å². The second-order valence-electron chi connectivity index (χ2n) is 37.7. The number of hydrogen-bond donors (Lipinski definition) is 0. The first-order chi connectivity index (χ1) is 72.7. The number of para-hydroxylation sites is 6. The van der Waals surface area contributed by atoms with Gasteiger partial charge >= 0.3 is 0 Å². The quantitative estimate of drug-likeness (QED) is 0.107. The third-order valence-electron chi connectivity index (χ3n) is 28.8. The normalized spacial score (nSPS) is 11.6. The van der Waals surface area contributed by atoms with Crippen molar-refractivity contribution in [2.45, 2.75) is 20.8 Å². The monoisotopic (exact) mass is 1880 g/mol. The van der Waals surface area contributed by atoms with Crippen molar-refractivity contribution in [2.24, 2.45) is 0 Å². The van der Waals surface area contributed by atoms with E-state index in [1.165, 1.54) is 126 Å². The first-order valence-electron chi connectivity index (χ1n) is 50.0. The molecule has 9 aromatic heterocycles. The van der Waals surface area contributed by atoms with Crippen molar-refractivity contribution < 1.29 is 0 Å². The summed E-state index contributed by atoms with van der Waals surface area (Å²) in [5.74, 6) is 4.58. The number of benzene rings is 20. The Balaban J connectivity index is 0.000000109. The Morgan fingerprint density at radius 3 is 0.857 bits per heavy atom. The molecule has 0 atom stereocenters. The number of rotatable bonds is 14. The molecule has 20 aromatic carbocycles. The van der Waals surface area contributed by atoms with Gasteiger partial charge in [-0.2, -0.15) is 0 Å². The minimum atomic E-state index is 0.690. The average molecular weight is 1880 g/mol. The van der Waals surface area contributed by atoms with E-state index in [1.807, 2.05) is 72.8 Å². The molecule has 9 heterocycles. The predicted octanol–water partition coefficient (Wildman–Crippen LogP) is 34.3. The molecule has 12 nitrogen and oxygen atoms in total. The van der Waals surface area contributed by atoms with Gasteiger partial charge in [0.05, 0.1) is 89.0 Å². The molecule has 0 aliphatic rings.